The SMILES string of the molecule is CCC(C)NCC(=O)Nc1ccc(OCCOC)nc1. The topological polar surface area (TPSA) is 72.5 Å². The Balaban J connectivity index is 2.35. The first-order chi connectivity index (χ1) is 9.65. The first kappa shape index (κ1) is 16.4. The molecule has 2 N–H and O–H groups in total. The normalized spacial score (nSPS) is 11.9. The average Bonchev–Trinajstić information content (AvgIpc) is 2.47. The van der Waals surface area contributed by atoms with Gasteiger partial charge in [0.25, 0.3) is 0 Å². The molecule has 1 amide bonds. The minimum absolute atomic E-state index is 0.0832. The first-order valence-electron chi connectivity index (χ1n) is 6.76. The smallest absolute Gasteiger partial charge is 0.238 e. The molecule has 1 atom stereocenters. The van der Waals surface area contributed by atoms with E-state index in [4.69, 9.17) is 9.47 Å². The van der Waals surface area contributed by atoms with Gasteiger partial charge in [0.15, 0.2) is 0 Å². The van der Waals surface area contributed by atoms with Gasteiger partial charge in [-0.25, -0.2) is 4.98 Å². The third kappa shape index (κ3) is 6.49. The van der Waals surface area contributed by atoms with Gasteiger partial charge in [-0.2, -0.15) is 0 Å². The zero-order valence-electron chi connectivity index (χ0n) is 12.3. The maximum Gasteiger partial charge on any atom is 0.238 e. The molecule has 0 fully saturated rings. The van der Waals surface area contributed by atoms with Gasteiger partial charge in [-0.15, -0.1) is 0 Å². The van der Waals surface area contributed by atoms with Gasteiger partial charge < -0.3 is 20.1 Å². The van der Waals surface area contributed by atoms with Gasteiger partial charge >= 0.3 is 0 Å². The number of anilines is 1. The van der Waals surface area contributed by atoms with Gasteiger partial charge in [-0.1, -0.05) is 6.92 Å². The second-order valence-corrected chi connectivity index (χ2v) is 4.46. The summed E-state index contributed by atoms with van der Waals surface area (Å²) in [5.74, 6) is 0.429. The van der Waals surface area contributed by atoms with E-state index in [0.717, 1.165) is 6.42 Å². The number of methoxy groups -OCH3 is 1. The summed E-state index contributed by atoms with van der Waals surface area (Å²) in [6.07, 6.45) is 2.56. The second kappa shape index (κ2) is 9.28. The van der Waals surface area contributed by atoms with Gasteiger partial charge in [-0.3, -0.25) is 4.79 Å². The van der Waals surface area contributed by atoms with Crippen molar-refractivity contribution in [2.45, 2.75) is 26.3 Å². The van der Waals surface area contributed by atoms with Crippen molar-refractivity contribution in [1.29, 1.82) is 0 Å². The highest BCUT2D eigenvalue weighted by molar-refractivity contribution is 5.92. The number of aromatic nitrogens is 1. The van der Waals surface area contributed by atoms with Gasteiger partial charge in [0.2, 0.25) is 11.8 Å². The van der Waals surface area contributed by atoms with Crippen LogP contribution in [-0.2, 0) is 9.53 Å². The Morgan fingerprint density at radius 1 is 1.40 bits per heavy atom. The molecule has 6 heteroatoms. The molecule has 1 aromatic rings. The number of nitrogens with one attached hydrogen (secondary N) is 2. The number of carbonyl (C=O) groups is 1. The molecule has 20 heavy (non-hydrogen) atoms. The Bertz CT molecular complexity index is 395. The molecule has 0 aliphatic rings. The first-order valence-corrected chi connectivity index (χ1v) is 6.76. The molecule has 0 saturated heterocycles. The van der Waals surface area contributed by atoms with E-state index in [1.165, 1.54) is 0 Å². The van der Waals surface area contributed by atoms with Crippen LogP contribution >= 0.6 is 0 Å². The number of rotatable bonds is 9. The number of nitrogens with zero attached hydrogens (tertiary/aromatic N) is 1. The van der Waals surface area contributed by atoms with Crippen LogP contribution in [0.1, 0.15) is 20.3 Å². The van der Waals surface area contributed by atoms with Crippen molar-refractivity contribution in [2.24, 2.45) is 0 Å². The zero-order valence-corrected chi connectivity index (χ0v) is 12.3. The molecule has 0 aliphatic carbocycles. The number of carbonyl (C=O) groups excluding carboxylic acids is 1. The van der Waals surface area contributed by atoms with Crippen LogP contribution in [0.25, 0.3) is 0 Å². The van der Waals surface area contributed by atoms with Gasteiger partial charge in [0.1, 0.15) is 6.61 Å². The van der Waals surface area contributed by atoms with Crippen molar-refractivity contribution in [3.63, 3.8) is 0 Å². The third-order valence-corrected chi connectivity index (χ3v) is 2.78. The van der Waals surface area contributed by atoms with Crippen molar-refractivity contribution in [3.8, 4) is 5.88 Å². The summed E-state index contributed by atoms with van der Waals surface area (Å²) in [6.45, 7) is 5.37. The van der Waals surface area contributed by atoms with Crippen LogP contribution in [0.15, 0.2) is 18.3 Å². The molecule has 1 rings (SSSR count). The molecular weight excluding hydrogens is 258 g/mol. The van der Waals surface area contributed by atoms with Gasteiger partial charge in [-0.05, 0) is 19.4 Å². The summed E-state index contributed by atoms with van der Waals surface area (Å²) in [5.41, 5.74) is 0.653. The Hall–Kier alpha value is -1.66. The predicted molar refractivity (Wildman–Crippen MR) is 78.0 cm³/mol. The Morgan fingerprint density at radius 3 is 2.80 bits per heavy atom. The quantitative estimate of drug-likeness (QED) is 0.670. The highest BCUT2D eigenvalue weighted by Gasteiger charge is 2.05. The molecule has 0 bridgehead atoms. The number of hydrogen-bond acceptors (Lipinski definition) is 5. The lowest BCUT2D eigenvalue weighted by Crippen LogP contribution is -2.33. The van der Waals surface area contributed by atoms with E-state index in [0.29, 0.717) is 37.4 Å². The Labute approximate surface area is 119 Å². The summed E-state index contributed by atoms with van der Waals surface area (Å²) in [5, 5.41) is 5.90. The molecule has 112 valence electrons. The number of amides is 1. The number of pyridine rings is 1. The fraction of sp³-hybridized carbons (Fsp3) is 0.571. The minimum atomic E-state index is -0.0832. The van der Waals surface area contributed by atoms with Crippen LogP contribution in [0.5, 0.6) is 5.88 Å². The molecule has 0 saturated carbocycles. The molecule has 1 aromatic heterocycles. The summed E-state index contributed by atoms with van der Waals surface area (Å²) in [6, 6.07) is 3.80. The van der Waals surface area contributed by atoms with Crippen LogP contribution in [0.4, 0.5) is 5.69 Å². The van der Waals surface area contributed by atoms with Crippen molar-refractivity contribution < 1.29 is 14.3 Å². The van der Waals surface area contributed by atoms with Crippen molar-refractivity contribution in [2.75, 3.05) is 32.2 Å². The molecule has 0 aromatic carbocycles. The molecule has 0 radical (unpaired) electrons. The molecule has 1 heterocycles. The van der Waals surface area contributed by atoms with E-state index in [-0.39, 0.29) is 5.91 Å². The van der Waals surface area contributed by atoms with E-state index in [1.54, 1.807) is 25.4 Å². The highest BCUT2D eigenvalue weighted by atomic mass is 16.5. The number of hydrogen-bond donors (Lipinski definition) is 2. The lowest BCUT2D eigenvalue weighted by Gasteiger charge is -2.11. The second-order valence-electron chi connectivity index (χ2n) is 4.46. The molecular formula is C14H23N3O3. The fourth-order valence-electron chi connectivity index (χ4n) is 1.39. The summed E-state index contributed by atoms with van der Waals surface area (Å²) in [7, 11) is 1.61. The molecule has 0 aliphatic heterocycles. The van der Waals surface area contributed by atoms with E-state index < -0.39 is 0 Å². The predicted octanol–water partition coefficient (Wildman–Crippen LogP) is 1.43. The van der Waals surface area contributed by atoms with E-state index in [2.05, 4.69) is 22.5 Å². The van der Waals surface area contributed by atoms with Crippen LogP contribution in [0.2, 0.25) is 0 Å². The molecule has 1 unspecified atom stereocenters. The fourth-order valence-corrected chi connectivity index (χ4v) is 1.39. The maximum atomic E-state index is 11.7. The van der Waals surface area contributed by atoms with Crippen LogP contribution in [0.3, 0.4) is 0 Å². The molecule has 0 spiro atoms. The minimum Gasteiger partial charge on any atom is -0.475 e. The van der Waals surface area contributed by atoms with Crippen LogP contribution < -0.4 is 15.4 Å². The van der Waals surface area contributed by atoms with Gasteiger partial charge in [0.05, 0.1) is 25.0 Å². The lowest BCUT2D eigenvalue weighted by atomic mass is 10.2. The Morgan fingerprint density at radius 2 is 2.20 bits per heavy atom. The summed E-state index contributed by atoms with van der Waals surface area (Å²) < 4.78 is 10.2. The maximum absolute atomic E-state index is 11.7. The number of ether oxygens (including phenoxy) is 2. The van der Waals surface area contributed by atoms with Gasteiger partial charge in [0, 0.05) is 19.2 Å². The van der Waals surface area contributed by atoms with E-state index >= 15 is 0 Å². The monoisotopic (exact) mass is 281 g/mol. The summed E-state index contributed by atoms with van der Waals surface area (Å²) in [4.78, 5) is 15.8. The third-order valence-electron chi connectivity index (χ3n) is 2.78. The van der Waals surface area contributed by atoms with Crippen molar-refractivity contribution in [1.82, 2.24) is 10.3 Å². The van der Waals surface area contributed by atoms with Crippen LogP contribution in [-0.4, -0.2) is 43.8 Å². The average molecular weight is 281 g/mol. The Kier molecular flexibility index (Phi) is 7.60. The van der Waals surface area contributed by atoms with Crippen LogP contribution in [0, 0.1) is 0 Å². The van der Waals surface area contributed by atoms with E-state index in [9.17, 15) is 4.79 Å². The van der Waals surface area contributed by atoms with Crippen molar-refractivity contribution >= 4 is 11.6 Å². The standard InChI is InChI=1S/C14H23N3O3/c1-4-11(2)15-10-13(18)17-12-5-6-14(16-9-12)20-8-7-19-3/h5-6,9,11,15H,4,7-8,10H2,1-3H3,(H,17,18). The largest absolute Gasteiger partial charge is 0.475 e. The van der Waals surface area contributed by atoms with E-state index in [1.807, 2.05) is 6.92 Å². The zero-order chi connectivity index (χ0) is 14.8. The highest BCUT2D eigenvalue weighted by Crippen LogP contribution is 2.11. The molecule has 6 nitrogen and oxygen atoms in total. The lowest BCUT2D eigenvalue weighted by molar-refractivity contribution is -0.115. The van der Waals surface area contributed by atoms with Crippen molar-refractivity contribution in [3.05, 3.63) is 18.3 Å². The summed E-state index contributed by atoms with van der Waals surface area (Å²) >= 11 is 0.